The number of esters is 1. The van der Waals surface area contributed by atoms with Crippen LogP contribution in [0.3, 0.4) is 0 Å². The maximum atomic E-state index is 12.5. The third-order valence-electron chi connectivity index (χ3n) is 5.99. The molecule has 0 fully saturated rings. The van der Waals surface area contributed by atoms with Gasteiger partial charge >= 0.3 is 5.97 Å². The number of rotatable bonds is 1. The number of benzene rings is 2. The molecule has 0 saturated carbocycles. The highest BCUT2D eigenvalue weighted by molar-refractivity contribution is 9.10. The largest absolute Gasteiger partial charge is 0.465 e. The first kappa shape index (κ1) is 24.2. The van der Waals surface area contributed by atoms with Crippen LogP contribution in [0.15, 0.2) is 111 Å². The van der Waals surface area contributed by atoms with Crippen molar-refractivity contribution >= 4 is 65.2 Å². The summed E-state index contributed by atoms with van der Waals surface area (Å²) >= 11 is 3.50. The van der Waals surface area contributed by atoms with Crippen LogP contribution < -0.4 is 10.9 Å². The van der Waals surface area contributed by atoms with E-state index in [1.807, 2.05) is 48.5 Å². The Morgan fingerprint density at radius 2 is 1.16 bits per heavy atom. The summed E-state index contributed by atoms with van der Waals surface area (Å²) in [5.74, 6) is -0.483. The van der Waals surface area contributed by atoms with Gasteiger partial charge in [0.05, 0.1) is 12.7 Å². The highest BCUT2D eigenvalue weighted by Crippen LogP contribution is 2.23. The molecule has 180 valence electrons. The predicted molar refractivity (Wildman–Crippen MR) is 150 cm³/mol. The van der Waals surface area contributed by atoms with E-state index in [4.69, 9.17) is 4.74 Å². The molecule has 2 aromatic heterocycles. The van der Waals surface area contributed by atoms with Crippen molar-refractivity contribution in [2.75, 3.05) is 7.11 Å². The van der Waals surface area contributed by atoms with Gasteiger partial charge in [-0.25, -0.2) is 4.79 Å². The Labute approximate surface area is 219 Å². The quantitative estimate of drug-likeness (QED) is 0.232. The SMILES string of the molecule is COC(=O)c1cc2ccccc2c(=O)c2ncccc12.O=c1c2ccccc2cc(Br)c2cccnc12. The molecule has 0 unspecified atom stereocenters. The van der Waals surface area contributed by atoms with E-state index >= 15 is 0 Å². The number of hydrogen-bond donors (Lipinski definition) is 0. The molecular formula is C30H19BrN2O4. The number of carbonyl (C=O) groups is 1. The van der Waals surface area contributed by atoms with E-state index in [1.54, 1.807) is 48.8 Å². The number of methoxy groups -OCH3 is 1. The van der Waals surface area contributed by atoms with E-state index in [0.29, 0.717) is 32.6 Å². The molecule has 37 heavy (non-hydrogen) atoms. The van der Waals surface area contributed by atoms with Crippen LogP contribution in [-0.2, 0) is 4.74 Å². The average Bonchev–Trinajstić information content (AvgIpc) is 3.14. The first-order chi connectivity index (χ1) is 18.0. The van der Waals surface area contributed by atoms with E-state index < -0.39 is 5.97 Å². The Kier molecular flexibility index (Phi) is 6.70. The van der Waals surface area contributed by atoms with Gasteiger partial charge in [-0.05, 0) is 41.1 Å². The lowest BCUT2D eigenvalue weighted by atomic mass is 10.1. The van der Waals surface area contributed by atoms with Crippen molar-refractivity contribution in [3.8, 4) is 0 Å². The molecule has 0 N–H and O–H groups in total. The zero-order valence-electron chi connectivity index (χ0n) is 19.6. The van der Waals surface area contributed by atoms with E-state index in [9.17, 15) is 14.4 Å². The number of ether oxygens (including phenoxy) is 1. The molecule has 0 atom stereocenters. The van der Waals surface area contributed by atoms with Gasteiger partial charge in [-0.2, -0.15) is 0 Å². The first-order valence-corrected chi connectivity index (χ1v) is 12.1. The third-order valence-corrected chi connectivity index (χ3v) is 6.65. The second-order valence-electron chi connectivity index (χ2n) is 8.17. The number of halogens is 1. The topological polar surface area (TPSA) is 86.2 Å². The molecule has 6 aromatic rings. The van der Waals surface area contributed by atoms with Crippen LogP contribution in [0, 0.1) is 0 Å². The molecule has 0 amide bonds. The van der Waals surface area contributed by atoms with Gasteiger partial charge in [0.15, 0.2) is 0 Å². The van der Waals surface area contributed by atoms with Gasteiger partial charge in [0.1, 0.15) is 11.0 Å². The van der Waals surface area contributed by atoms with Crippen LogP contribution in [0.5, 0.6) is 0 Å². The molecule has 0 radical (unpaired) electrons. The summed E-state index contributed by atoms with van der Waals surface area (Å²) in [5, 5.41) is 4.18. The molecule has 0 aliphatic carbocycles. The minimum Gasteiger partial charge on any atom is -0.465 e. The Morgan fingerprint density at radius 3 is 1.76 bits per heavy atom. The van der Waals surface area contributed by atoms with Crippen LogP contribution in [0.1, 0.15) is 10.4 Å². The fourth-order valence-electron chi connectivity index (χ4n) is 4.22. The summed E-state index contributed by atoms with van der Waals surface area (Å²) < 4.78 is 5.69. The monoisotopic (exact) mass is 550 g/mol. The summed E-state index contributed by atoms with van der Waals surface area (Å²) in [6.45, 7) is 0. The van der Waals surface area contributed by atoms with Crippen molar-refractivity contribution in [1.29, 1.82) is 0 Å². The van der Waals surface area contributed by atoms with Gasteiger partial charge in [-0.3, -0.25) is 19.6 Å². The zero-order valence-corrected chi connectivity index (χ0v) is 21.2. The van der Waals surface area contributed by atoms with Gasteiger partial charge in [0.2, 0.25) is 10.9 Å². The Balaban J connectivity index is 0.000000153. The smallest absolute Gasteiger partial charge is 0.338 e. The summed E-state index contributed by atoms with van der Waals surface area (Å²) in [6, 6.07) is 25.4. The number of hydrogen-bond acceptors (Lipinski definition) is 6. The predicted octanol–water partition coefficient (Wildman–Crippen LogP) is 6.05. The fraction of sp³-hybridized carbons (Fsp3) is 0.0333. The van der Waals surface area contributed by atoms with E-state index in [-0.39, 0.29) is 16.4 Å². The third kappa shape index (κ3) is 4.57. The molecule has 6 nitrogen and oxygen atoms in total. The van der Waals surface area contributed by atoms with E-state index in [0.717, 1.165) is 15.2 Å². The van der Waals surface area contributed by atoms with Crippen molar-refractivity contribution in [2.45, 2.75) is 0 Å². The summed E-state index contributed by atoms with van der Waals surface area (Å²) in [7, 11) is 1.32. The van der Waals surface area contributed by atoms with Crippen LogP contribution >= 0.6 is 15.9 Å². The number of fused-ring (bicyclic) bond motifs is 4. The highest BCUT2D eigenvalue weighted by Gasteiger charge is 2.13. The molecule has 0 saturated heterocycles. The molecule has 0 spiro atoms. The number of pyridine rings is 2. The van der Waals surface area contributed by atoms with Gasteiger partial charge in [0.25, 0.3) is 0 Å². The molecule has 0 aliphatic heterocycles. The lowest BCUT2D eigenvalue weighted by Crippen LogP contribution is -2.03. The normalized spacial score (nSPS) is 10.8. The van der Waals surface area contributed by atoms with Gasteiger partial charge in [0, 0.05) is 38.4 Å². The molecule has 4 aromatic carbocycles. The van der Waals surface area contributed by atoms with Gasteiger partial charge in [-0.1, -0.05) is 70.5 Å². The van der Waals surface area contributed by atoms with Gasteiger partial charge < -0.3 is 4.74 Å². The van der Waals surface area contributed by atoms with Crippen molar-refractivity contribution < 1.29 is 9.53 Å². The summed E-state index contributed by atoms with van der Waals surface area (Å²) in [5.41, 5.74) is 0.900. The average molecular weight is 551 g/mol. The second kappa shape index (κ2) is 10.2. The maximum Gasteiger partial charge on any atom is 0.338 e. The van der Waals surface area contributed by atoms with Crippen molar-refractivity contribution in [3.63, 3.8) is 0 Å². The zero-order chi connectivity index (χ0) is 25.9. The molecular weight excluding hydrogens is 532 g/mol. The Morgan fingerprint density at radius 1 is 0.676 bits per heavy atom. The van der Waals surface area contributed by atoms with Crippen molar-refractivity contribution in [1.82, 2.24) is 9.97 Å². The Bertz CT molecular complexity index is 1960. The number of carbonyl (C=O) groups excluding carboxylic acids is 1. The van der Waals surface area contributed by atoms with Crippen LogP contribution in [0.4, 0.5) is 0 Å². The van der Waals surface area contributed by atoms with Crippen LogP contribution in [0.25, 0.3) is 43.4 Å². The standard InChI is InChI=1S/C16H11NO3.C14H8BrNO/c1-20-16(19)13-9-10-5-2-3-6-11(10)15(18)14-12(13)7-4-8-17-14;15-12-8-9-4-1-2-5-10(9)14(17)13-11(12)6-3-7-16-13/h2-9H,1H3;1-8H. The maximum absolute atomic E-state index is 12.5. The van der Waals surface area contributed by atoms with Crippen LogP contribution in [-0.4, -0.2) is 23.0 Å². The van der Waals surface area contributed by atoms with Crippen LogP contribution in [0.2, 0.25) is 0 Å². The lowest BCUT2D eigenvalue weighted by molar-refractivity contribution is 0.0603. The molecule has 6 rings (SSSR count). The number of aromatic nitrogens is 2. The summed E-state index contributed by atoms with van der Waals surface area (Å²) in [6.07, 6.45) is 3.19. The highest BCUT2D eigenvalue weighted by atomic mass is 79.9. The number of nitrogens with zero attached hydrogens (tertiary/aromatic N) is 2. The fourth-order valence-corrected chi connectivity index (χ4v) is 4.79. The van der Waals surface area contributed by atoms with Crippen molar-refractivity contribution in [2.24, 2.45) is 0 Å². The molecule has 0 bridgehead atoms. The Hall–Kier alpha value is -4.49. The van der Waals surface area contributed by atoms with E-state index in [2.05, 4.69) is 25.9 Å². The first-order valence-electron chi connectivity index (χ1n) is 11.3. The van der Waals surface area contributed by atoms with Gasteiger partial charge in [-0.15, -0.1) is 0 Å². The molecule has 0 aliphatic rings. The second-order valence-corrected chi connectivity index (χ2v) is 9.03. The molecule has 7 heteroatoms. The minimum atomic E-state index is -0.483. The molecule has 2 heterocycles. The van der Waals surface area contributed by atoms with E-state index in [1.165, 1.54) is 7.11 Å². The van der Waals surface area contributed by atoms with Crippen molar-refractivity contribution in [3.05, 3.63) is 128 Å². The lowest BCUT2D eigenvalue weighted by Gasteiger charge is -1.99. The summed E-state index contributed by atoms with van der Waals surface area (Å²) in [4.78, 5) is 45.2. The minimum absolute atomic E-state index is 0.0260.